The van der Waals surface area contributed by atoms with Crippen LogP contribution in [0.2, 0.25) is 0 Å². The smallest absolute Gasteiger partial charge is 0.254 e. The van der Waals surface area contributed by atoms with Crippen molar-refractivity contribution in [3.05, 3.63) is 29.3 Å². The topological polar surface area (TPSA) is 84.2 Å². The van der Waals surface area contributed by atoms with Crippen molar-refractivity contribution in [2.75, 3.05) is 20.2 Å². The number of aromatic amines is 1. The Bertz CT molecular complexity index is 664. The lowest BCUT2D eigenvalue weighted by Gasteiger charge is -2.32. The number of H-pyrrole nitrogens is 1. The Kier molecular flexibility index (Phi) is 4.64. The number of carbonyl (C=O) groups excluding carboxylic acids is 1. The monoisotopic (exact) mass is 318 g/mol. The molecule has 1 aliphatic heterocycles. The molecule has 1 fully saturated rings. The maximum Gasteiger partial charge on any atom is 0.254 e. The summed E-state index contributed by atoms with van der Waals surface area (Å²) in [6, 6.07) is 1.72. The number of aromatic nitrogens is 3. The van der Waals surface area contributed by atoms with Crippen LogP contribution in [0.3, 0.4) is 0 Å². The summed E-state index contributed by atoms with van der Waals surface area (Å²) in [5, 5.41) is 10.9. The van der Waals surface area contributed by atoms with Gasteiger partial charge in [0.25, 0.3) is 5.88 Å². The van der Waals surface area contributed by atoms with Gasteiger partial charge in [0.2, 0.25) is 5.91 Å². The third-order valence-electron chi connectivity index (χ3n) is 4.38. The highest BCUT2D eigenvalue weighted by molar-refractivity contribution is 5.76. The predicted molar refractivity (Wildman–Crippen MR) is 83.3 cm³/mol. The maximum atomic E-state index is 12.5. The summed E-state index contributed by atoms with van der Waals surface area (Å²) in [7, 11) is 1.54. The number of hydrogen-bond donors (Lipinski definition) is 1. The Morgan fingerprint density at radius 3 is 3.13 bits per heavy atom. The molecule has 0 radical (unpaired) electrons. The number of methoxy groups -OCH3 is 1. The summed E-state index contributed by atoms with van der Waals surface area (Å²) < 4.78 is 10.1. The van der Waals surface area contributed by atoms with E-state index in [1.807, 2.05) is 11.1 Å². The van der Waals surface area contributed by atoms with Gasteiger partial charge in [0, 0.05) is 43.6 Å². The Balaban J connectivity index is 1.55. The van der Waals surface area contributed by atoms with E-state index in [-0.39, 0.29) is 5.91 Å². The minimum atomic E-state index is 0.155. The van der Waals surface area contributed by atoms with Crippen molar-refractivity contribution in [3.8, 4) is 5.88 Å². The highest BCUT2D eigenvalue weighted by atomic mass is 16.5. The van der Waals surface area contributed by atoms with Gasteiger partial charge in [-0.25, -0.2) is 0 Å². The number of nitrogens with one attached hydrogen (secondary N) is 1. The number of nitrogens with zero attached hydrogens (tertiary/aromatic N) is 3. The summed E-state index contributed by atoms with van der Waals surface area (Å²) in [5.74, 6) is 1.62. The summed E-state index contributed by atoms with van der Waals surface area (Å²) in [5.41, 5.74) is 2.32. The second kappa shape index (κ2) is 6.85. The first-order valence-electron chi connectivity index (χ1n) is 7.94. The molecule has 3 heterocycles. The molecule has 1 atom stereocenters. The standard InChI is InChI=1S/C16H22N4O3/c1-11-9-17-18-16(11)12-4-3-7-20(10-12)15(21)6-5-13-8-14(22-2)19-23-13/h8-9,12H,3-7,10H2,1-2H3,(H,17,18). The van der Waals surface area contributed by atoms with Crippen molar-refractivity contribution < 1.29 is 14.1 Å². The number of carbonyl (C=O) groups is 1. The van der Waals surface area contributed by atoms with Gasteiger partial charge in [-0.05, 0) is 30.5 Å². The van der Waals surface area contributed by atoms with E-state index < -0.39 is 0 Å². The fourth-order valence-corrected chi connectivity index (χ4v) is 3.11. The molecule has 7 nitrogen and oxygen atoms in total. The maximum absolute atomic E-state index is 12.5. The van der Waals surface area contributed by atoms with Crippen molar-refractivity contribution in [1.82, 2.24) is 20.3 Å². The molecule has 0 bridgehead atoms. The van der Waals surface area contributed by atoms with Crippen molar-refractivity contribution in [1.29, 1.82) is 0 Å². The van der Waals surface area contributed by atoms with E-state index in [0.29, 0.717) is 30.4 Å². The lowest BCUT2D eigenvalue weighted by Crippen LogP contribution is -2.39. The van der Waals surface area contributed by atoms with Crippen LogP contribution in [0, 0.1) is 6.92 Å². The first-order valence-corrected chi connectivity index (χ1v) is 7.94. The van der Waals surface area contributed by atoms with Gasteiger partial charge in [-0.2, -0.15) is 5.10 Å². The van der Waals surface area contributed by atoms with Gasteiger partial charge in [-0.1, -0.05) is 0 Å². The molecule has 0 aliphatic carbocycles. The van der Waals surface area contributed by atoms with E-state index in [2.05, 4.69) is 22.3 Å². The molecule has 1 unspecified atom stereocenters. The second-order valence-electron chi connectivity index (χ2n) is 5.98. The van der Waals surface area contributed by atoms with Gasteiger partial charge in [0.05, 0.1) is 13.3 Å². The van der Waals surface area contributed by atoms with Crippen LogP contribution in [-0.2, 0) is 11.2 Å². The average molecular weight is 318 g/mol. The third kappa shape index (κ3) is 3.55. The number of amides is 1. The van der Waals surface area contributed by atoms with Gasteiger partial charge in [-0.3, -0.25) is 9.89 Å². The van der Waals surface area contributed by atoms with Gasteiger partial charge < -0.3 is 14.2 Å². The number of rotatable bonds is 5. The number of hydrogen-bond acceptors (Lipinski definition) is 5. The highest BCUT2D eigenvalue weighted by Gasteiger charge is 2.26. The van der Waals surface area contributed by atoms with Crippen LogP contribution in [-0.4, -0.2) is 46.4 Å². The number of aryl methyl sites for hydroxylation is 2. The van der Waals surface area contributed by atoms with Crippen molar-refractivity contribution in [2.45, 2.75) is 38.5 Å². The van der Waals surface area contributed by atoms with Crippen molar-refractivity contribution >= 4 is 5.91 Å². The van der Waals surface area contributed by atoms with Crippen LogP contribution in [0.5, 0.6) is 5.88 Å². The van der Waals surface area contributed by atoms with Crippen molar-refractivity contribution in [3.63, 3.8) is 0 Å². The van der Waals surface area contributed by atoms with Crippen LogP contribution in [0.15, 0.2) is 16.8 Å². The molecular formula is C16H22N4O3. The molecule has 23 heavy (non-hydrogen) atoms. The Labute approximate surface area is 135 Å². The van der Waals surface area contributed by atoms with Crippen LogP contribution >= 0.6 is 0 Å². The molecule has 0 spiro atoms. The molecule has 3 rings (SSSR count). The SMILES string of the molecule is COc1cc(CCC(=O)N2CCCC(c3[nH]ncc3C)C2)on1. The van der Waals surface area contributed by atoms with Gasteiger partial charge in [0.15, 0.2) is 0 Å². The molecule has 2 aromatic heterocycles. The molecule has 7 heteroatoms. The number of ether oxygens (including phenoxy) is 1. The Morgan fingerprint density at radius 1 is 1.57 bits per heavy atom. The zero-order chi connectivity index (χ0) is 16.2. The molecule has 1 aliphatic rings. The summed E-state index contributed by atoms with van der Waals surface area (Å²) in [6.45, 7) is 3.63. The predicted octanol–water partition coefficient (Wildman–Crippen LogP) is 2.05. The second-order valence-corrected chi connectivity index (χ2v) is 5.98. The molecule has 1 amide bonds. The fourth-order valence-electron chi connectivity index (χ4n) is 3.11. The number of piperidine rings is 1. The van der Waals surface area contributed by atoms with Crippen LogP contribution in [0.25, 0.3) is 0 Å². The van der Waals surface area contributed by atoms with Crippen LogP contribution < -0.4 is 4.74 Å². The molecule has 0 saturated carbocycles. The molecule has 2 aromatic rings. The summed E-state index contributed by atoms with van der Waals surface area (Å²) >= 11 is 0. The molecule has 0 aromatic carbocycles. The van der Waals surface area contributed by atoms with Gasteiger partial charge in [0.1, 0.15) is 5.76 Å². The zero-order valence-electron chi connectivity index (χ0n) is 13.5. The van der Waals surface area contributed by atoms with Crippen LogP contribution in [0.1, 0.15) is 42.2 Å². The number of likely N-dealkylation sites (tertiary alicyclic amines) is 1. The Morgan fingerprint density at radius 2 is 2.43 bits per heavy atom. The van der Waals surface area contributed by atoms with E-state index in [9.17, 15) is 4.79 Å². The zero-order valence-corrected chi connectivity index (χ0v) is 13.5. The largest absolute Gasteiger partial charge is 0.479 e. The van der Waals surface area contributed by atoms with Crippen molar-refractivity contribution in [2.24, 2.45) is 0 Å². The van der Waals surface area contributed by atoms with E-state index >= 15 is 0 Å². The fraction of sp³-hybridized carbons (Fsp3) is 0.562. The lowest BCUT2D eigenvalue weighted by molar-refractivity contribution is -0.132. The van der Waals surface area contributed by atoms with E-state index in [1.54, 1.807) is 6.07 Å². The Hall–Kier alpha value is -2.31. The molecule has 1 N–H and O–H groups in total. The van der Waals surface area contributed by atoms with E-state index in [0.717, 1.165) is 37.2 Å². The minimum Gasteiger partial charge on any atom is -0.479 e. The first kappa shape index (κ1) is 15.6. The normalized spacial score (nSPS) is 18.2. The van der Waals surface area contributed by atoms with E-state index in [4.69, 9.17) is 9.26 Å². The minimum absolute atomic E-state index is 0.155. The van der Waals surface area contributed by atoms with Crippen LogP contribution in [0.4, 0.5) is 0 Å². The molecule has 124 valence electrons. The quantitative estimate of drug-likeness (QED) is 0.912. The summed E-state index contributed by atoms with van der Waals surface area (Å²) in [6.07, 6.45) is 4.91. The average Bonchev–Trinajstić information content (AvgIpc) is 3.21. The highest BCUT2D eigenvalue weighted by Crippen LogP contribution is 2.27. The van der Waals surface area contributed by atoms with E-state index in [1.165, 1.54) is 7.11 Å². The first-order chi connectivity index (χ1) is 11.2. The summed E-state index contributed by atoms with van der Waals surface area (Å²) in [4.78, 5) is 14.4. The lowest BCUT2D eigenvalue weighted by atomic mass is 9.92. The molecular weight excluding hydrogens is 296 g/mol. The van der Waals surface area contributed by atoms with Gasteiger partial charge >= 0.3 is 0 Å². The van der Waals surface area contributed by atoms with Gasteiger partial charge in [-0.15, -0.1) is 0 Å². The molecule has 1 saturated heterocycles. The third-order valence-corrected chi connectivity index (χ3v) is 4.38.